The third-order valence-electron chi connectivity index (χ3n) is 2.29. The van der Waals surface area contributed by atoms with Gasteiger partial charge in [-0.1, -0.05) is 18.2 Å². The van der Waals surface area contributed by atoms with Gasteiger partial charge in [0.15, 0.2) is 6.29 Å². The third kappa shape index (κ3) is 1.50. The second-order valence-corrected chi connectivity index (χ2v) is 3.20. The Morgan fingerprint density at radius 3 is 2.73 bits per heavy atom. The second kappa shape index (κ2) is 3.57. The predicted molar refractivity (Wildman–Crippen MR) is 55.7 cm³/mol. The normalized spacial score (nSPS) is 10.2. The zero-order valence-corrected chi connectivity index (χ0v) is 8.21. The average molecular weight is 202 g/mol. The van der Waals surface area contributed by atoms with Crippen LogP contribution in [-0.2, 0) is 7.05 Å². The molecule has 0 atom stereocenters. The number of benzene rings is 1. The maximum absolute atomic E-state index is 10.9. The maximum atomic E-state index is 10.9. The molecule has 0 amide bonds. The van der Waals surface area contributed by atoms with E-state index in [1.807, 2.05) is 0 Å². The molecule has 0 aliphatic carbocycles. The highest BCUT2D eigenvalue weighted by Crippen LogP contribution is 2.30. The largest absolute Gasteiger partial charge is 0.507 e. The molecular formula is C11H10N2O2. The lowest BCUT2D eigenvalue weighted by atomic mass is 10.1. The minimum Gasteiger partial charge on any atom is -0.507 e. The number of phenols is 1. The van der Waals surface area contributed by atoms with Gasteiger partial charge in [0.25, 0.3) is 0 Å². The molecule has 1 aromatic carbocycles. The Labute approximate surface area is 86.8 Å². The highest BCUT2D eigenvalue weighted by atomic mass is 16.3. The van der Waals surface area contributed by atoms with E-state index in [0.717, 1.165) is 6.29 Å². The van der Waals surface area contributed by atoms with Crippen molar-refractivity contribution in [1.29, 1.82) is 0 Å². The molecule has 0 radical (unpaired) electrons. The first-order valence-electron chi connectivity index (χ1n) is 4.49. The van der Waals surface area contributed by atoms with E-state index in [-0.39, 0.29) is 5.75 Å². The lowest BCUT2D eigenvalue weighted by Gasteiger charge is -2.02. The van der Waals surface area contributed by atoms with Crippen molar-refractivity contribution in [2.45, 2.75) is 0 Å². The van der Waals surface area contributed by atoms with Crippen molar-refractivity contribution in [3.63, 3.8) is 0 Å². The quantitative estimate of drug-likeness (QED) is 0.752. The number of aryl methyl sites for hydroxylation is 1. The number of carbonyl (C=O) groups is 1. The fourth-order valence-electron chi connectivity index (χ4n) is 1.50. The number of hydrogen-bond acceptors (Lipinski definition) is 3. The molecule has 0 unspecified atom stereocenters. The first-order chi connectivity index (χ1) is 7.24. The fraction of sp³-hybridized carbons (Fsp3) is 0.0909. The summed E-state index contributed by atoms with van der Waals surface area (Å²) >= 11 is 0. The van der Waals surface area contributed by atoms with Gasteiger partial charge in [-0.15, -0.1) is 0 Å². The lowest BCUT2D eigenvalue weighted by Crippen LogP contribution is -1.97. The van der Waals surface area contributed by atoms with Gasteiger partial charge in [0, 0.05) is 18.2 Å². The van der Waals surface area contributed by atoms with Crippen LogP contribution in [-0.4, -0.2) is 21.2 Å². The SMILES string of the molecule is Cn1ncc(-c2ccccc2O)c1C=O. The number of hydrogen-bond donors (Lipinski definition) is 1. The molecule has 15 heavy (non-hydrogen) atoms. The van der Waals surface area contributed by atoms with Crippen molar-refractivity contribution >= 4 is 6.29 Å². The van der Waals surface area contributed by atoms with E-state index in [0.29, 0.717) is 16.8 Å². The Morgan fingerprint density at radius 1 is 1.33 bits per heavy atom. The van der Waals surface area contributed by atoms with Gasteiger partial charge in [-0.25, -0.2) is 0 Å². The van der Waals surface area contributed by atoms with E-state index in [1.54, 1.807) is 37.5 Å². The number of para-hydroxylation sites is 1. The molecule has 1 N–H and O–H groups in total. The van der Waals surface area contributed by atoms with Gasteiger partial charge in [-0.2, -0.15) is 5.10 Å². The van der Waals surface area contributed by atoms with Crippen LogP contribution in [0.15, 0.2) is 30.5 Å². The number of rotatable bonds is 2. The molecule has 76 valence electrons. The van der Waals surface area contributed by atoms with Crippen molar-refractivity contribution in [3.05, 3.63) is 36.2 Å². The number of aromatic hydroxyl groups is 1. The Balaban J connectivity index is 2.64. The van der Waals surface area contributed by atoms with Crippen LogP contribution >= 0.6 is 0 Å². The topological polar surface area (TPSA) is 55.1 Å². The summed E-state index contributed by atoms with van der Waals surface area (Å²) in [5.74, 6) is 0.147. The van der Waals surface area contributed by atoms with Gasteiger partial charge in [-0.3, -0.25) is 9.48 Å². The summed E-state index contributed by atoms with van der Waals surface area (Å²) in [5.41, 5.74) is 1.72. The number of aldehydes is 1. The second-order valence-electron chi connectivity index (χ2n) is 3.20. The molecule has 0 aliphatic heterocycles. The molecule has 0 fully saturated rings. The first kappa shape index (κ1) is 9.45. The van der Waals surface area contributed by atoms with Gasteiger partial charge in [0.05, 0.1) is 6.20 Å². The zero-order chi connectivity index (χ0) is 10.8. The van der Waals surface area contributed by atoms with Gasteiger partial charge in [-0.05, 0) is 6.07 Å². The van der Waals surface area contributed by atoms with Crippen LogP contribution in [0.5, 0.6) is 5.75 Å². The smallest absolute Gasteiger partial charge is 0.168 e. The van der Waals surface area contributed by atoms with Crippen molar-refractivity contribution in [1.82, 2.24) is 9.78 Å². The van der Waals surface area contributed by atoms with E-state index < -0.39 is 0 Å². The van der Waals surface area contributed by atoms with Crippen LogP contribution in [0.1, 0.15) is 10.5 Å². The molecule has 4 heteroatoms. The molecule has 0 aliphatic rings. The summed E-state index contributed by atoms with van der Waals surface area (Å²) in [7, 11) is 1.69. The summed E-state index contributed by atoms with van der Waals surface area (Å²) < 4.78 is 1.48. The fourth-order valence-corrected chi connectivity index (χ4v) is 1.50. The van der Waals surface area contributed by atoms with Crippen LogP contribution in [0.3, 0.4) is 0 Å². The summed E-state index contributed by atoms with van der Waals surface area (Å²) in [6.45, 7) is 0. The molecule has 0 bridgehead atoms. The zero-order valence-electron chi connectivity index (χ0n) is 8.21. The Morgan fingerprint density at radius 2 is 2.07 bits per heavy atom. The minimum absolute atomic E-state index is 0.147. The van der Waals surface area contributed by atoms with Crippen LogP contribution in [0.25, 0.3) is 11.1 Å². The first-order valence-corrected chi connectivity index (χ1v) is 4.49. The van der Waals surface area contributed by atoms with Crippen molar-refractivity contribution in [2.24, 2.45) is 7.05 Å². The Hall–Kier alpha value is -2.10. The van der Waals surface area contributed by atoms with Crippen molar-refractivity contribution in [3.8, 4) is 16.9 Å². The highest BCUT2D eigenvalue weighted by molar-refractivity contribution is 5.87. The Bertz CT molecular complexity index is 503. The molecule has 2 aromatic rings. The third-order valence-corrected chi connectivity index (χ3v) is 2.29. The van der Waals surface area contributed by atoms with Gasteiger partial charge in [0.2, 0.25) is 0 Å². The van der Waals surface area contributed by atoms with E-state index in [4.69, 9.17) is 0 Å². The number of nitrogens with zero attached hydrogens (tertiary/aromatic N) is 2. The van der Waals surface area contributed by atoms with Crippen molar-refractivity contribution < 1.29 is 9.90 Å². The van der Waals surface area contributed by atoms with Crippen molar-refractivity contribution in [2.75, 3.05) is 0 Å². The highest BCUT2D eigenvalue weighted by Gasteiger charge is 2.12. The lowest BCUT2D eigenvalue weighted by molar-refractivity contribution is 0.111. The number of carbonyl (C=O) groups excluding carboxylic acids is 1. The molecule has 0 saturated heterocycles. The van der Waals surface area contributed by atoms with E-state index in [2.05, 4.69) is 5.10 Å². The molecule has 2 rings (SSSR count). The molecule has 0 saturated carbocycles. The summed E-state index contributed by atoms with van der Waals surface area (Å²) in [5, 5.41) is 13.6. The number of aromatic nitrogens is 2. The molecule has 1 heterocycles. The molecule has 0 spiro atoms. The molecule has 1 aromatic heterocycles. The number of phenolic OH excluding ortho intramolecular Hbond substituents is 1. The Kier molecular flexibility index (Phi) is 2.25. The predicted octanol–water partition coefficient (Wildman–Crippen LogP) is 1.61. The monoisotopic (exact) mass is 202 g/mol. The van der Waals surface area contributed by atoms with E-state index in [9.17, 15) is 9.90 Å². The maximum Gasteiger partial charge on any atom is 0.168 e. The van der Waals surface area contributed by atoms with Crippen LogP contribution in [0, 0.1) is 0 Å². The van der Waals surface area contributed by atoms with Gasteiger partial charge in [0.1, 0.15) is 11.4 Å². The minimum atomic E-state index is 0.147. The van der Waals surface area contributed by atoms with Crippen LogP contribution in [0.2, 0.25) is 0 Å². The molecular weight excluding hydrogens is 192 g/mol. The average Bonchev–Trinajstić information content (AvgIpc) is 2.60. The van der Waals surface area contributed by atoms with E-state index in [1.165, 1.54) is 4.68 Å². The van der Waals surface area contributed by atoms with Gasteiger partial charge < -0.3 is 5.11 Å². The summed E-state index contributed by atoms with van der Waals surface area (Å²) in [6.07, 6.45) is 2.30. The summed E-state index contributed by atoms with van der Waals surface area (Å²) in [6, 6.07) is 6.86. The summed E-state index contributed by atoms with van der Waals surface area (Å²) in [4.78, 5) is 10.9. The molecule has 4 nitrogen and oxygen atoms in total. The van der Waals surface area contributed by atoms with Crippen LogP contribution < -0.4 is 0 Å². The van der Waals surface area contributed by atoms with E-state index >= 15 is 0 Å². The van der Waals surface area contributed by atoms with Gasteiger partial charge >= 0.3 is 0 Å². The van der Waals surface area contributed by atoms with Crippen LogP contribution in [0.4, 0.5) is 0 Å². The standard InChI is InChI=1S/C11H10N2O2/c1-13-10(7-14)9(6-12-13)8-4-2-3-5-11(8)15/h2-7,15H,1H3.